The van der Waals surface area contributed by atoms with Crippen LogP contribution in [-0.4, -0.2) is 230 Å². The molecule has 6 N–H and O–H groups in total. The number of hydrogen-bond donors (Lipinski definition) is 6. The lowest BCUT2D eigenvalue weighted by molar-refractivity contribution is -0.358. The van der Waals surface area contributed by atoms with Crippen molar-refractivity contribution in [1.82, 2.24) is 0 Å². The van der Waals surface area contributed by atoms with Gasteiger partial charge >= 0.3 is 5.97 Å². The van der Waals surface area contributed by atoms with Gasteiger partial charge in [-0.25, -0.2) is 4.79 Å². The molecule has 0 amide bonds. The van der Waals surface area contributed by atoms with Crippen molar-refractivity contribution in [3.63, 3.8) is 0 Å². The minimum atomic E-state index is -1.70. The lowest BCUT2D eigenvalue weighted by Crippen LogP contribution is -2.75. The zero-order valence-electron chi connectivity index (χ0n) is 52.2. The summed E-state index contributed by atoms with van der Waals surface area (Å²) in [6.07, 6.45) is -8.26. The summed E-state index contributed by atoms with van der Waals surface area (Å²) in [5.41, 5.74) is -3.11. The number of benzene rings is 1. The summed E-state index contributed by atoms with van der Waals surface area (Å²) in [6, 6.07) is 9.44. The molecular formula is C64H96O23. The SMILES string of the molecule is COC1CC(OC2CCC3(C)C(=CCC4(O)C3CC(OC(=O)C=Cc3ccccc3)C3(C)C(C(C)=O)CCC43O)C2)OC(C)C1OC1CC(OC)C(OC2CC(OC)C(OC3CC(OC)C(OC4OC(CO)C(O)C(O)C4O)C(C)O3)C(C)O2)C(C)O1. The van der Waals surface area contributed by atoms with E-state index in [1.807, 2.05) is 58.0 Å². The van der Waals surface area contributed by atoms with Gasteiger partial charge in [-0.1, -0.05) is 55.8 Å². The molecule has 29 unspecified atom stereocenters. The van der Waals surface area contributed by atoms with E-state index in [-0.39, 0.29) is 37.6 Å². The Bertz CT molecular complexity index is 2540. The van der Waals surface area contributed by atoms with Crippen LogP contribution in [0.25, 0.3) is 6.08 Å². The normalized spacial score (nSPS) is 48.4. The Morgan fingerprint density at radius 1 is 0.632 bits per heavy atom. The highest BCUT2D eigenvalue weighted by atomic mass is 16.8. The third-order valence-electron chi connectivity index (χ3n) is 21.5. The Morgan fingerprint density at radius 2 is 1.13 bits per heavy atom. The van der Waals surface area contributed by atoms with Crippen molar-refractivity contribution in [1.29, 1.82) is 0 Å². The highest BCUT2D eigenvalue weighted by molar-refractivity contribution is 5.87. The predicted octanol–water partition coefficient (Wildman–Crippen LogP) is 3.94. The first-order valence-corrected chi connectivity index (χ1v) is 31.3. The Kier molecular flexibility index (Phi) is 21.0. The van der Waals surface area contributed by atoms with Crippen LogP contribution in [0.5, 0.6) is 0 Å². The van der Waals surface area contributed by atoms with Gasteiger partial charge in [-0.05, 0) is 96.6 Å². The third kappa shape index (κ3) is 12.8. The third-order valence-corrected chi connectivity index (χ3v) is 21.5. The maximum absolute atomic E-state index is 13.6. The average molecular weight is 1230 g/mol. The van der Waals surface area contributed by atoms with Crippen LogP contribution >= 0.6 is 0 Å². The van der Waals surface area contributed by atoms with E-state index in [0.717, 1.165) is 11.1 Å². The zero-order chi connectivity index (χ0) is 62.5. The van der Waals surface area contributed by atoms with Crippen molar-refractivity contribution >= 4 is 17.8 Å². The molecule has 8 fully saturated rings. The Labute approximate surface area is 510 Å². The highest BCUT2D eigenvalue weighted by Gasteiger charge is 2.77. The molecule has 5 saturated heterocycles. The summed E-state index contributed by atoms with van der Waals surface area (Å²) in [5, 5.41) is 66.9. The molecule has 0 radical (unpaired) electrons. The minimum absolute atomic E-state index is 0.0982. The van der Waals surface area contributed by atoms with Crippen LogP contribution in [0.1, 0.15) is 125 Å². The lowest BCUT2D eigenvalue weighted by atomic mass is 9.43. The average Bonchev–Trinajstić information content (AvgIpc) is 1.64. The first-order chi connectivity index (χ1) is 41.4. The Hall–Kier alpha value is -2.96. The van der Waals surface area contributed by atoms with Crippen molar-refractivity contribution in [3.8, 4) is 0 Å². The minimum Gasteiger partial charge on any atom is -0.458 e. The van der Waals surface area contributed by atoms with Gasteiger partial charge in [-0.2, -0.15) is 0 Å². The smallest absolute Gasteiger partial charge is 0.331 e. The second-order valence-electron chi connectivity index (χ2n) is 26.3. The quantitative estimate of drug-likeness (QED) is 0.0649. The number of Topliss-reactive ketones (excluding diaryl/α,β-unsaturated/α-hetero) is 1. The van der Waals surface area contributed by atoms with Gasteiger partial charge < -0.3 is 102 Å². The summed E-state index contributed by atoms with van der Waals surface area (Å²) in [4.78, 5) is 26.9. The Balaban J connectivity index is 0.718. The summed E-state index contributed by atoms with van der Waals surface area (Å²) in [6.45, 7) is 12.4. The molecule has 490 valence electrons. The molecule has 10 rings (SSSR count). The van der Waals surface area contributed by atoms with Crippen molar-refractivity contribution in [2.45, 2.75) is 272 Å². The highest BCUT2D eigenvalue weighted by Crippen LogP contribution is 2.70. The van der Waals surface area contributed by atoms with E-state index in [4.69, 9.17) is 71.1 Å². The number of ether oxygens (including phenoxy) is 15. The molecule has 5 aliphatic heterocycles. The standard InChI is InChI=1S/C64H96O23/c1-32(66)40-21-24-64(72)62(40,7)47(83-48(67)18-17-37-15-13-12-14-16-37)30-46-61(6)22-20-39(25-38(61)19-23-63(46,64)71)81-49-26-41(73-8)56(33(2)77-49)84-50-27-42(74-9)57(34(3)78-50)85-51-28-43(75-10)58(35(4)79-51)86-52-29-44(76-11)59(36(5)80-52)87-60-55(70)54(69)53(68)45(31-65)82-60/h12-19,33-36,39-47,49-60,65,68-72H,20-31H2,1-11H3. The van der Waals surface area contributed by atoms with E-state index in [1.165, 1.54) is 20.1 Å². The number of methoxy groups -OCH3 is 4. The molecule has 1 aromatic rings. The second-order valence-corrected chi connectivity index (χ2v) is 26.3. The maximum Gasteiger partial charge on any atom is 0.331 e. The molecule has 23 heteroatoms. The molecule has 5 heterocycles. The summed E-state index contributed by atoms with van der Waals surface area (Å²) >= 11 is 0. The van der Waals surface area contributed by atoms with Gasteiger partial charge in [0, 0.05) is 77.4 Å². The number of hydrogen-bond acceptors (Lipinski definition) is 23. The number of rotatable bonds is 19. The van der Waals surface area contributed by atoms with E-state index in [0.29, 0.717) is 44.9 Å². The molecular weight excluding hydrogens is 1140 g/mol. The van der Waals surface area contributed by atoms with Crippen LogP contribution in [0.15, 0.2) is 48.1 Å². The predicted molar refractivity (Wildman–Crippen MR) is 307 cm³/mol. The van der Waals surface area contributed by atoms with Gasteiger partial charge in [0.1, 0.15) is 71.9 Å². The molecule has 4 aliphatic carbocycles. The topological polar surface area (TPSA) is 294 Å². The molecule has 3 saturated carbocycles. The fraction of sp³-hybridized carbons (Fsp3) is 0.812. The van der Waals surface area contributed by atoms with E-state index in [2.05, 4.69) is 13.0 Å². The maximum atomic E-state index is 13.6. The van der Waals surface area contributed by atoms with Gasteiger partial charge in [0.05, 0.1) is 61.5 Å². The first-order valence-electron chi connectivity index (χ1n) is 31.3. The molecule has 0 spiro atoms. The lowest BCUT2D eigenvalue weighted by Gasteiger charge is -2.66. The molecule has 0 aromatic heterocycles. The van der Waals surface area contributed by atoms with Crippen LogP contribution < -0.4 is 0 Å². The number of esters is 1. The molecule has 29 atom stereocenters. The van der Waals surface area contributed by atoms with E-state index in [9.17, 15) is 40.2 Å². The van der Waals surface area contributed by atoms with Gasteiger partial charge in [-0.3, -0.25) is 4.79 Å². The number of ketones is 1. The Morgan fingerprint density at radius 3 is 1.61 bits per heavy atom. The van der Waals surface area contributed by atoms with Gasteiger partial charge in [0.2, 0.25) is 0 Å². The van der Waals surface area contributed by atoms with Crippen LogP contribution in [-0.2, 0) is 80.6 Å². The van der Waals surface area contributed by atoms with E-state index < -0.39 is 182 Å². The van der Waals surface area contributed by atoms with Crippen molar-refractivity contribution < 1.29 is 111 Å². The summed E-state index contributed by atoms with van der Waals surface area (Å²) in [7, 11) is 6.38. The largest absolute Gasteiger partial charge is 0.458 e. The molecule has 23 nitrogen and oxygen atoms in total. The van der Waals surface area contributed by atoms with E-state index in [1.54, 1.807) is 34.3 Å². The van der Waals surface area contributed by atoms with Gasteiger partial charge in [0.15, 0.2) is 31.5 Å². The number of aliphatic hydroxyl groups is 6. The van der Waals surface area contributed by atoms with Crippen LogP contribution in [0.4, 0.5) is 0 Å². The number of fused-ring (bicyclic) bond motifs is 5. The summed E-state index contributed by atoms with van der Waals surface area (Å²) < 4.78 is 94.5. The number of carbonyl (C=O) groups excluding carboxylic acids is 2. The molecule has 87 heavy (non-hydrogen) atoms. The fourth-order valence-corrected chi connectivity index (χ4v) is 16.6. The van der Waals surface area contributed by atoms with Crippen LogP contribution in [0.3, 0.4) is 0 Å². The molecule has 0 bridgehead atoms. The first kappa shape index (κ1) is 66.9. The van der Waals surface area contributed by atoms with Crippen LogP contribution in [0.2, 0.25) is 0 Å². The van der Waals surface area contributed by atoms with Crippen molar-refractivity contribution in [2.75, 3.05) is 35.0 Å². The fourth-order valence-electron chi connectivity index (χ4n) is 16.6. The van der Waals surface area contributed by atoms with Crippen molar-refractivity contribution in [3.05, 3.63) is 53.6 Å². The summed E-state index contributed by atoms with van der Waals surface area (Å²) in [5.74, 6) is -1.74. The molecule has 1 aromatic carbocycles. The number of carbonyl (C=O) groups is 2. The zero-order valence-corrected chi connectivity index (χ0v) is 52.2. The number of aliphatic hydroxyl groups excluding tert-OH is 4. The van der Waals surface area contributed by atoms with Crippen LogP contribution in [0, 0.1) is 22.7 Å². The monoisotopic (exact) mass is 1230 g/mol. The molecule has 9 aliphatic rings. The van der Waals surface area contributed by atoms with Crippen molar-refractivity contribution in [2.24, 2.45) is 22.7 Å². The van der Waals surface area contributed by atoms with Gasteiger partial charge in [0.25, 0.3) is 0 Å². The second kappa shape index (κ2) is 27.3. The van der Waals surface area contributed by atoms with E-state index >= 15 is 0 Å². The van der Waals surface area contributed by atoms with Gasteiger partial charge in [-0.15, -0.1) is 0 Å².